The summed E-state index contributed by atoms with van der Waals surface area (Å²) in [6.45, 7) is 5.22. The molecule has 0 bridgehead atoms. The predicted molar refractivity (Wildman–Crippen MR) is 93.0 cm³/mol. The van der Waals surface area contributed by atoms with Crippen LogP contribution in [0.1, 0.15) is 19.8 Å². The van der Waals surface area contributed by atoms with E-state index in [0.717, 1.165) is 0 Å². The first-order chi connectivity index (χ1) is 11.3. The van der Waals surface area contributed by atoms with Crippen LogP contribution < -0.4 is 5.32 Å². The highest BCUT2D eigenvalue weighted by atomic mass is 32.2. The number of carboxylic acid groups (broad SMARTS) is 1. The molecular formula is C15H20N2O5S2. The average molecular weight is 372 g/mol. The lowest BCUT2D eigenvalue weighted by Gasteiger charge is -2.54. The second-order valence-electron chi connectivity index (χ2n) is 5.54. The van der Waals surface area contributed by atoms with Gasteiger partial charge in [0.15, 0.2) is 5.70 Å². The Morgan fingerprint density at radius 1 is 1.58 bits per heavy atom. The predicted octanol–water partition coefficient (Wildman–Crippen LogP) is 0.968. The number of nitrogens with one attached hydrogen (secondary N) is 1. The number of aliphatic carboxylic acids is 1. The maximum Gasteiger partial charge on any atom is 0.354 e. The Morgan fingerprint density at radius 3 is 2.75 bits per heavy atom. The van der Waals surface area contributed by atoms with Crippen LogP contribution in [0.25, 0.3) is 0 Å². The Bertz CT molecular complexity index is 619. The third-order valence-electron chi connectivity index (χ3n) is 4.00. The highest BCUT2D eigenvalue weighted by molar-refractivity contribution is 8.23. The fraction of sp³-hybridized carbons (Fsp3) is 0.533. The van der Waals surface area contributed by atoms with Crippen molar-refractivity contribution in [3.63, 3.8) is 0 Å². The van der Waals surface area contributed by atoms with E-state index >= 15 is 0 Å². The van der Waals surface area contributed by atoms with Crippen molar-refractivity contribution in [2.75, 3.05) is 12.8 Å². The summed E-state index contributed by atoms with van der Waals surface area (Å²) in [4.78, 5) is 35.8. The molecule has 7 nitrogen and oxygen atoms in total. The second kappa shape index (κ2) is 7.20. The Hall–Kier alpha value is -1.45. The van der Waals surface area contributed by atoms with Gasteiger partial charge in [0.2, 0.25) is 11.8 Å². The van der Waals surface area contributed by atoms with Gasteiger partial charge in [-0.3, -0.25) is 14.5 Å². The van der Waals surface area contributed by atoms with E-state index in [1.54, 1.807) is 6.08 Å². The SMILES string of the molecule is C=CC[C@]12SC(SCCC(=O)NC)=C(C(=O)O)N1C(=O)[C@@H]2C(C)O. The maximum absolute atomic E-state index is 12.4. The van der Waals surface area contributed by atoms with Crippen molar-refractivity contribution < 1.29 is 24.6 Å². The minimum Gasteiger partial charge on any atom is -0.477 e. The molecule has 0 aromatic heterocycles. The summed E-state index contributed by atoms with van der Waals surface area (Å²) in [5.41, 5.74) is -0.0642. The van der Waals surface area contributed by atoms with E-state index in [-0.39, 0.29) is 18.0 Å². The molecule has 0 aliphatic carbocycles. The van der Waals surface area contributed by atoms with Gasteiger partial charge in [-0.05, 0) is 13.3 Å². The van der Waals surface area contributed by atoms with E-state index in [2.05, 4.69) is 11.9 Å². The number of rotatable bonds is 8. The topological polar surface area (TPSA) is 107 Å². The number of nitrogens with zero attached hydrogens (tertiary/aromatic N) is 1. The van der Waals surface area contributed by atoms with E-state index in [9.17, 15) is 24.6 Å². The summed E-state index contributed by atoms with van der Waals surface area (Å²) in [5, 5.41) is 22.0. The Morgan fingerprint density at radius 2 is 2.25 bits per heavy atom. The number of fused-ring (bicyclic) bond motifs is 1. The minimum absolute atomic E-state index is 0.0642. The van der Waals surface area contributed by atoms with Gasteiger partial charge in [0.1, 0.15) is 4.87 Å². The van der Waals surface area contributed by atoms with Crippen molar-refractivity contribution in [1.29, 1.82) is 0 Å². The highest BCUT2D eigenvalue weighted by Crippen LogP contribution is 2.62. The first-order valence-electron chi connectivity index (χ1n) is 7.43. The van der Waals surface area contributed by atoms with Crippen molar-refractivity contribution in [2.45, 2.75) is 30.7 Å². The fourth-order valence-electron chi connectivity index (χ4n) is 2.99. The van der Waals surface area contributed by atoms with Crippen LogP contribution in [-0.4, -0.2) is 56.7 Å². The molecule has 0 radical (unpaired) electrons. The molecule has 132 valence electrons. The number of β-lactam (4-membered cyclic amide) rings is 1. The summed E-state index contributed by atoms with van der Waals surface area (Å²) in [7, 11) is 1.54. The summed E-state index contributed by atoms with van der Waals surface area (Å²) in [6, 6.07) is 0. The fourth-order valence-corrected chi connectivity index (χ4v) is 6.19. The Kier molecular flexibility index (Phi) is 5.67. The standard InChI is InChI=1S/C15H20N2O5S2/c1-4-6-15-10(8(2)18)12(20)17(15)11(13(21)22)14(24-15)23-7-5-9(19)16-3/h4,8,10,18H,1,5-7H2,2-3H3,(H,16,19)(H,21,22)/t8?,10-,15+/m0/s1. The van der Waals surface area contributed by atoms with Crippen molar-refractivity contribution >= 4 is 41.3 Å². The van der Waals surface area contributed by atoms with Crippen molar-refractivity contribution in [3.8, 4) is 0 Å². The smallest absolute Gasteiger partial charge is 0.354 e. The number of carbonyl (C=O) groups excluding carboxylic acids is 2. The van der Waals surface area contributed by atoms with Crippen LogP contribution in [0.15, 0.2) is 22.6 Å². The van der Waals surface area contributed by atoms with Crippen molar-refractivity contribution in [1.82, 2.24) is 10.2 Å². The zero-order valence-corrected chi connectivity index (χ0v) is 15.1. The average Bonchev–Trinajstić information content (AvgIpc) is 2.77. The van der Waals surface area contributed by atoms with Gasteiger partial charge in [0.25, 0.3) is 0 Å². The molecule has 1 unspecified atom stereocenters. The molecule has 0 saturated carbocycles. The van der Waals surface area contributed by atoms with E-state index in [0.29, 0.717) is 16.4 Å². The van der Waals surface area contributed by atoms with Crippen molar-refractivity contribution in [2.24, 2.45) is 5.92 Å². The monoisotopic (exact) mass is 372 g/mol. The van der Waals surface area contributed by atoms with Crippen molar-refractivity contribution in [3.05, 3.63) is 22.6 Å². The Labute approximate surface area is 148 Å². The van der Waals surface area contributed by atoms with E-state index in [1.807, 2.05) is 0 Å². The molecule has 2 aliphatic rings. The molecule has 1 saturated heterocycles. The summed E-state index contributed by atoms with van der Waals surface area (Å²) < 4.78 is 0.491. The minimum atomic E-state index is -1.19. The van der Waals surface area contributed by atoms with Gasteiger partial charge in [-0.2, -0.15) is 0 Å². The zero-order chi connectivity index (χ0) is 18.1. The molecule has 3 atom stereocenters. The number of carbonyl (C=O) groups is 3. The molecule has 3 N–H and O–H groups in total. The summed E-state index contributed by atoms with van der Waals surface area (Å²) >= 11 is 2.52. The summed E-state index contributed by atoms with van der Waals surface area (Å²) in [5.74, 6) is -1.98. The molecule has 0 spiro atoms. The van der Waals surface area contributed by atoms with E-state index in [4.69, 9.17) is 0 Å². The number of thioether (sulfide) groups is 2. The molecule has 24 heavy (non-hydrogen) atoms. The number of hydrogen-bond acceptors (Lipinski definition) is 6. The van der Waals surface area contributed by atoms with Crippen LogP contribution in [0.5, 0.6) is 0 Å². The molecule has 9 heteroatoms. The molecule has 2 heterocycles. The van der Waals surface area contributed by atoms with Crippen LogP contribution in [-0.2, 0) is 14.4 Å². The van der Waals surface area contributed by atoms with Crippen LogP contribution in [0, 0.1) is 5.92 Å². The third kappa shape index (κ3) is 2.96. The highest BCUT2D eigenvalue weighted by Gasteiger charge is 2.67. The van der Waals surface area contributed by atoms with Gasteiger partial charge < -0.3 is 15.5 Å². The van der Waals surface area contributed by atoms with E-state index < -0.39 is 28.8 Å². The number of aliphatic hydroxyl groups excluding tert-OH is 1. The van der Waals surface area contributed by atoms with Gasteiger partial charge in [-0.25, -0.2) is 4.79 Å². The largest absolute Gasteiger partial charge is 0.477 e. The number of aliphatic hydroxyl groups is 1. The molecule has 0 aromatic rings. The Balaban J connectivity index is 2.27. The first kappa shape index (κ1) is 18.9. The van der Waals surface area contributed by atoms with Crippen LogP contribution in [0.2, 0.25) is 0 Å². The number of carboxylic acids is 1. The van der Waals surface area contributed by atoms with Gasteiger partial charge in [0.05, 0.1) is 16.3 Å². The van der Waals surface area contributed by atoms with Gasteiger partial charge in [-0.15, -0.1) is 18.3 Å². The normalized spacial score (nSPS) is 26.7. The van der Waals surface area contributed by atoms with Gasteiger partial charge >= 0.3 is 5.97 Å². The lowest BCUT2D eigenvalue weighted by molar-refractivity contribution is -0.166. The lowest BCUT2D eigenvalue weighted by atomic mass is 9.80. The third-order valence-corrected chi connectivity index (χ3v) is 6.80. The second-order valence-corrected chi connectivity index (χ2v) is 8.23. The van der Waals surface area contributed by atoms with Crippen LogP contribution in [0.3, 0.4) is 0 Å². The molecular weight excluding hydrogens is 352 g/mol. The molecule has 2 aliphatic heterocycles. The zero-order valence-electron chi connectivity index (χ0n) is 13.4. The molecule has 2 amide bonds. The van der Waals surface area contributed by atoms with E-state index in [1.165, 1.54) is 42.4 Å². The maximum atomic E-state index is 12.4. The number of amides is 2. The van der Waals surface area contributed by atoms with Crippen LogP contribution >= 0.6 is 23.5 Å². The first-order valence-corrected chi connectivity index (χ1v) is 9.23. The van der Waals surface area contributed by atoms with Gasteiger partial charge in [0, 0.05) is 19.2 Å². The molecule has 1 fully saturated rings. The molecule has 0 aromatic carbocycles. The quantitative estimate of drug-likeness (QED) is 0.430. The molecule has 2 rings (SSSR count). The van der Waals surface area contributed by atoms with Crippen LogP contribution in [0.4, 0.5) is 0 Å². The lowest BCUT2D eigenvalue weighted by Crippen LogP contribution is -2.69. The summed E-state index contributed by atoms with van der Waals surface area (Å²) in [6.07, 6.45) is 1.36. The number of hydrogen-bond donors (Lipinski definition) is 3. The van der Waals surface area contributed by atoms with Gasteiger partial charge in [-0.1, -0.05) is 17.8 Å².